The number of ether oxygens (including phenoxy) is 2. The van der Waals surface area contributed by atoms with E-state index in [0.29, 0.717) is 28.1 Å². The van der Waals surface area contributed by atoms with Crippen LogP contribution in [0.3, 0.4) is 0 Å². The van der Waals surface area contributed by atoms with E-state index in [0.717, 1.165) is 45.1 Å². The molecule has 0 unspecified atom stereocenters. The molecule has 1 aliphatic heterocycles. The van der Waals surface area contributed by atoms with Crippen molar-refractivity contribution >= 4 is 72.7 Å². The molecule has 198 valence electrons. The van der Waals surface area contributed by atoms with E-state index in [-0.39, 0.29) is 14.9 Å². The molecule has 0 radical (unpaired) electrons. The number of thiocarbonyl (C=S) groups is 1. The third-order valence-corrected chi connectivity index (χ3v) is 7.92. The summed E-state index contributed by atoms with van der Waals surface area (Å²) in [7, 11) is 1.52. The first kappa shape index (κ1) is 27.2. The van der Waals surface area contributed by atoms with Gasteiger partial charge in [0, 0.05) is 0 Å². The molecule has 10 heteroatoms. The van der Waals surface area contributed by atoms with Crippen molar-refractivity contribution in [1.82, 2.24) is 0 Å². The quantitative estimate of drug-likeness (QED) is 0.158. The fourth-order valence-electron chi connectivity index (χ4n) is 4.19. The highest BCUT2D eigenvalue weighted by Gasteiger charge is 2.36. The number of carbonyl (C=O) groups excluding carboxylic acids is 1. The van der Waals surface area contributed by atoms with Crippen LogP contribution in [0.5, 0.6) is 11.5 Å². The van der Waals surface area contributed by atoms with Gasteiger partial charge in [-0.3, -0.25) is 9.69 Å². The summed E-state index contributed by atoms with van der Waals surface area (Å²) in [5.74, 6) is 0.444. The second-order valence-electron chi connectivity index (χ2n) is 8.53. The van der Waals surface area contributed by atoms with Gasteiger partial charge in [0.2, 0.25) is 0 Å². The summed E-state index contributed by atoms with van der Waals surface area (Å²) in [6.45, 7) is 0.311. The van der Waals surface area contributed by atoms with Crippen LogP contribution in [0.4, 0.5) is 18.9 Å². The van der Waals surface area contributed by atoms with Crippen molar-refractivity contribution in [2.45, 2.75) is 12.8 Å². The molecule has 39 heavy (non-hydrogen) atoms. The van der Waals surface area contributed by atoms with Crippen LogP contribution in [-0.4, -0.2) is 17.3 Å². The van der Waals surface area contributed by atoms with E-state index in [9.17, 15) is 18.0 Å². The lowest BCUT2D eigenvalue weighted by molar-refractivity contribution is -0.137. The van der Waals surface area contributed by atoms with Gasteiger partial charge in [-0.2, -0.15) is 13.2 Å². The molecule has 4 aromatic carbocycles. The number of hydrogen-bond acceptors (Lipinski definition) is 5. The predicted octanol–water partition coefficient (Wildman–Crippen LogP) is 8.61. The number of halogens is 4. The molecule has 4 aromatic rings. The zero-order valence-electron chi connectivity index (χ0n) is 20.3. The van der Waals surface area contributed by atoms with Gasteiger partial charge in [-0.1, -0.05) is 72.5 Å². The second kappa shape index (κ2) is 11.0. The van der Waals surface area contributed by atoms with Crippen molar-refractivity contribution in [3.63, 3.8) is 0 Å². The van der Waals surface area contributed by atoms with Crippen LogP contribution in [0, 0.1) is 0 Å². The van der Waals surface area contributed by atoms with E-state index in [4.69, 9.17) is 21.7 Å². The first-order chi connectivity index (χ1) is 18.7. The third-order valence-electron chi connectivity index (χ3n) is 6.03. The Hall–Kier alpha value is -3.34. The van der Waals surface area contributed by atoms with Crippen LogP contribution in [0.1, 0.15) is 16.7 Å². The molecular formula is C29H19BrF3NO3S2. The van der Waals surface area contributed by atoms with Gasteiger partial charge in [0.15, 0.2) is 15.8 Å². The molecule has 4 nitrogen and oxygen atoms in total. The number of anilines is 1. The van der Waals surface area contributed by atoms with Gasteiger partial charge in [0.1, 0.15) is 6.61 Å². The van der Waals surface area contributed by atoms with Gasteiger partial charge >= 0.3 is 6.18 Å². The Kier molecular flexibility index (Phi) is 7.70. The minimum Gasteiger partial charge on any atom is -0.493 e. The van der Waals surface area contributed by atoms with Crippen LogP contribution in [0.2, 0.25) is 0 Å². The predicted molar refractivity (Wildman–Crippen MR) is 156 cm³/mol. The van der Waals surface area contributed by atoms with Crippen molar-refractivity contribution in [2.24, 2.45) is 0 Å². The molecule has 0 aliphatic carbocycles. The van der Waals surface area contributed by atoms with E-state index < -0.39 is 17.6 Å². The summed E-state index contributed by atoms with van der Waals surface area (Å²) in [4.78, 5) is 14.5. The van der Waals surface area contributed by atoms with E-state index >= 15 is 0 Å². The highest BCUT2D eigenvalue weighted by atomic mass is 79.9. The smallest absolute Gasteiger partial charge is 0.416 e. The third kappa shape index (κ3) is 5.68. The van der Waals surface area contributed by atoms with E-state index in [1.165, 1.54) is 19.2 Å². The number of rotatable bonds is 6. The number of nitrogens with zero attached hydrogens (tertiary/aromatic N) is 1. The maximum Gasteiger partial charge on any atom is 0.416 e. The van der Waals surface area contributed by atoms with Gasteiger partial charge in [-0.25, -0.2) is 0 Å². The second-order valence-corrected chi connectivity index (χ2v) is 11.1. The first-order valence-corrected chi connectivity index (χ1v) is 13.6. The Morgan fingerprint density at radius 3 is 2.54 bits per heavy atom. The monoisotopic (exact) mass is 629 g/mol. The van der Waals surface area contributed by atoms with E-state index in [2.05, 4.69) is 15.9 Å². The Balaban J connectivity index is 1.40. The fourth-order valence-corrected chi connectivity index (χ4v) is 6.07. The standard InChI is InChI=1S/C29H19BrF3NO3S2/c1-36-24-13-17(12-23(30)26(24)37-16-19-8-4-7-18-6-2-3-11-22(18)19)14-25-27(35)34(28(38)39-25)21-10-5-9-20(15-21)29(31,32)33/h2-15H,16H2,1H3/b25-14-. The Bertz CT molecular complexity index is 1630. The summed E-state index contributed by atoms with van der Waals surface area (Å²) < 4.78 is 52.1. The molecule has 0 atom stereocenters. The molecular weight excluding hydrogens is 611 g/mol. The zero-order valence-corrected chi connectivity index (χ0v) is 23.5. The SMILES string of the molecule is COc1cc(/C=C2\SC(=S)N(c3cccc(C(F)(F)F)c3)C2=O)cc(Br)c1OCc1cccc2ccccc12. The number of benzene rings is 4. The van der Waals surface area contributed by atoms with Gasteiger partial charge in [-0.05, 0) is 74.2 Å². The highest BCUT2D eigenvalue weighted by molar-refractivity contribution is 9.10. The largest absolute Gasteiger partial charge is 0.493 e. The normalized spacial score (nSPS) is 14.9. The molecule has 0 aromatic heterocycles. The lowest BCUT2D eigenvalue weighted by Crippen LogP contribution is -2.27. The first-order valence-electron chi connectivity index (χ1n) is 11.6. The van der Waals surface area contributed by atoms with Crippen LogP contribution in [-0.2, 0) is 17.6 Å². The highest BCUT2D eigenvalue weighted by Crippen LogP contribution is 2.41. The molecule has 0 bridgehead atoms. The van der Waals surface area contributed by atoms with Crippen LogP contribution < -0.4 is 14.4 Å². The van der Waals surface area contributed by atoms with Gasteiger partial charge in [0.05, 0.1) is 27.7 Å². The number of thioether (sulfide) groups is 1. The number of methoxy groups -OCH3 is 1. The van der Waals surface area contributed by atoms with E-state index in [1.54, 1.807) is 18.2 Å². The minimum atomic E-state index is -4.54. The lowest BCUT2D eigenvalue weighted by Gasteiger charge is -2.16. The van der Waals surface area contributed by atoms with Crippen LogP contribution >= 0.6 is 39.9 Å². The summed E-state index contributed by atoms with van der Waals surface area (Å²) in [6, 6.07) is 22.1. The number of fused-ring (bicyclic) bond motifs is 1. The molecule has 0 spiro atoms. The summed E-state index contributed by atoms with van der Waals surface area (Å²) in [5.41, 5.74) is 0.850. The summed E-state index contributed by atoms with van der Waals surface area (Å²) in [5, 5.41) is 2.21. The average Bonchev–Trinajstić information content (AvgIpc) is 3.19. The molecule has 1 heterocycles. The number of alkyl halides is 3. The van der Waals surface area contributed by atoms with Crippen molar-refractivity contribution in [1.29, 1.82) is 0 Å². The van der Waals surface area contributed by atoms with E-state index in [1.807, 2.05) is 42.5 Å². The van der Waals surface area contributed by atoms with Gasteiger partial charge < -0.3 is 9.47 Å². The van der Waals surface area contributed by atoms with Crippen molar-refractivity contribution in [2.75, 3.05) is 12.0 Å². The average molecular weight is 631 g/mol. The van der Waals surface area contributed by atoms with Crippen molar-refractivity contribution in [3.8, 4) is 11.5 Å². The molecule has 0 N–H and O–H groups in total. The van der Waals surface area contributed by atoms with Crippen LogP contribution in [0.15, 0.2) is 88.2 Å². The Morgan fingerprint density at radius 2 is 1.77 bits per heavy atom. The lowest BCUT2D eigenvalue weighted by atomic mass is 10.1. The molecule has 1 amide bonds. The molecule has 5 rings (SSSR count). The molecule has 1 aliphatic rings. The van der Waals surface area contributed by atoms with Gasteiger partial charge in [-0.15, -0.1) is 0 Å². The maximum absolute atomic E-state index is 13.2. The zero-order chi connectivity index (χ0) is 27.7. The number of amides is 1. The van der Waals surface area contributed by atoms with Crippen molar-refractivity contribution < 1.29 is 27.4 Å². The summed E-state index contributed by atoms with van der Waals surface area (Å²) in [6.07, 6.45) is -2.92. The molecule has 1 saturated heterocycles. The fraction of sp³-hybridized carbons (Fsp3) is 0.103. The Morgan fingerprint density at radius 1 is 1.03 bits per heavy atom. The topological polar surface area (TPSA) is 38.8 Å². The maximum atomic E-state index is 13.2. The Labute approximate surface area is 240 Å². The number of carbonyl (C=O) groups is 1. The number of hydrogen-bond donors (Lipinski definition) is 0. The van der Waals surface area contributed by atoms with Gasteiger partial charge in [0.25, 0.3) is 5.91 Å². The minimum absolute atomic E-state index is 0.0617. The van der Waals surface area contributed by atoms with Crippen LogP contribution in [0.25, 0.3) is 16.8 Å². The molecule has 1 fully saturated rings. The molecule has 0 saturated carbocycles. The van der Waals surface area contributed by atoms with Crippen molar-refractivity contribution in [3.05, 3.63) is 105 Å². The summed E-state index contributed by atoms with van der Waals surface area (Å²) >= 11 is 9.89.